The molecule has 2 fully saturated rings. The number of nitrogens with zero attached hydrogens (tertiary/aromatic N) is 1. The van der Waals surface area contributed by atoms with Crippen LogP contribution >= 0.6 is 0 Å². The fraction of sp³-hybridized carbons (Fsp3) is 0.444. The number of carbonyl (C=O) groups is 3. The van der Waals surface area contributed by atoms with Gasteiger partial charge in [0.2, 0.25) is 11.8 Å². The molecule has 2 N–H and O–H groups in total. The molecule has 6 heteroatoms. The summed E-state index contributed by atoms with van der Waals surface area (Å²) in [5.74, 6) is 0.559. The summed E-state index contributed by atoms with van der Waals surface area (Å²) in [5.41, 5.74) is 3.93. The Morgan fingerprint density at radius 2 is 1.67 bits per heavy atom. The fourth-order valence-corrected chi connectivity index (χ4v) is 5.17. The predicted molar refractivity (Wildman–Crippen MR) is 127 cm³/mol. The number of piperidine rings is 1. The standard InChI is InChI=1S/C27H33N3O3/c1-18-11-19(2)16-30(15-18)17-23-6-4-3-5-22(23)14-28-26(32)21-9-7-20(8-10-21)12-24-13-25(31)29-27(24)33/h3-10,18-19,24H,11-17H2,1-2H3,(H,28,32)(H,29,31,33). The molecule has 2 aliphatic rings. The molecule has 0 aliphatic carbocycles. The van der Waals surface area contributed by atoms with Crippen LogP contribution < -0.4 is 10.6 Å². The van der Waals surface area contributed by atoms with Gasteiger partial charge >= 0.3 is 0 Å². The van der Waals surface area contributed by atoms with Gasteiger partial charge in [-0.25, -0.2) is 0 Å². The molecule has 3 amide bonds. The summed E-state index contributed by atoms with van der Waals surface area (Å²) in [6, 6.07) is 15.6. The number of rotatable bonds is 7. The van der Waals surface area contributed by atoms with Gasteiger partial charge in [0.25, 0.3) is 5.91 Å². The maximum atomic E-state index is 12.7. The summed E-state index contributed by atoms with van der Waals surface area (Å²) in [6.07, 6.45) is 2.02. The number of carbonyl (C=O) groups excluding carboxylic acids is 3. The maximum absolute atomic E-state index is 12.7. The summed E-state index contributed by atoms with van der Waals surface area (Å²) >= 11 is 0. The van der Waals surface area contributed by atoms with E-state index in [-0.39, 0.29) is 30.1 Å². The first kappa shape index (κ1) is 23.2. The van der Waals surface area contributed by atoms with E-state index in [0.29, 0.717) is 30.4 Å². The zero-order valence-corrected chi connectivity index (χ0v) is 19.5. The zero-order chi connectivity index (χ0) is 23.4. The Morgan fingerprint density at radius 3 is 2.30 bits per heavy atom. The van der Waals surface area contributed by atoms with Crippen LogP contribution in [-0.2, 0) is 29.1 Å². The quantitative estimate of drug-likeness (QED) is 0.639. The first-order valence-corrected chi connectivity index (χ1v) is 11.9. The van der Waals surface area contributed by atoms with E-state index < -0.39 is 0 Å². The van der Waals surface area contributed by atoms with Gasteiger partial charge in [0.1, 0.15) is 0 Å². The lowest BCUT2D eigenvalue weighted by molar-refractivity contribution is -0.125. The van der Waals surface area contributed by atoms with E-state index in [1.54, 1.807) is 12.1 Å². The first-order valence-electron chi connectivity index (χ1n) is 11.9. The van der Waals surface area contributed by atoms with Crippen LogP contribution in [0.3, 0.4) is 0 Å². The molecule has 3 atom stereocenters. The average Bonchev–Trinajstić information content (AvgIpc) is 3.09. The zero-order valence-electron chi connectivity index (χ0n) is 19.5. The van der Waals surface area contributed by atoms with Gasteiger partial charge in [0.05, 0.1) is 5.92 Å². The Kier molecular flexibility index (Phi) is 7.23. The lowest BCUT2D eigenvalue weighted by atomic mass is 9.91. The molecular formula is C27H33N3O3. The predicted octanol–water partition coefficient (Wildman–Crippen LogP) is 3.30. The number of nitrogens with one attached hydrogen (secondary N) is 2. The Balaban J connectivity index is 1.33. The molecule has 0 aromatic heterocycles. The van der Waals surface area contributed by atoms with E-state index in [1.807, 2.05) is 18.2 Å². The smallest absolute Gasteiger partial charge is 0.251 e. The highest BCUT2D eigenvalue weighted by molar-refractivity contribution is 6.03. The molecular weight excluding hydrogens is 414 g/mol. The van der Waals surface area contributed by atoms with Crippen molar-refractivity contribution in [2.75, 3.05) is 13.1 Å². The van der Waals surface area contributed by atoms with Gasteiger partial charge in [0.15, 0.2) is 0 Å². The van der Waals surface area contributed by atoms with Crippen LogP contribution in [0, 0.1) is 17.8 Å². The van der Waals surface area contributed by atoms with Crippen LogP contribution in [0.15, 0.2) is 48.5 Å². The highest BCUT2D eigenvalue weighted by Crippen LogP contribution is 2.23. The molecule has 2 heterocycles. The Labute approximate surface area is 195 Å². The van der Waals surface area contributed by atoms with Crippen LogP contribution in [0.4, 0.5) is 0 Å². The van der Waals surface area contributed by atoms with Crippen molar-refractivity contribution in [1.82, 2.24) is 15.5 Å². The van der Waals surface area contributed by atoms with Crippen molar-refractivity contribution in [3.8, 4) is 0 Å². The number of hydrogen-bond donors (Lipinski definition) is 2. The summed E-state index contributed by atoms with van der Waals surface area (Å²) in [7, 11) is 0. The number of benzene rings is 2. The van der Waals surface area contributed by atoms with Crippen molar-refractivity contribution in [2.24, 2.45) is 17.8 Å². The molecule has 0 saturated carbocycles. The Hall–Kier alpha value is -2.99. The summed E-state index contributed by atoms with van der Waals surface area (Å²) < 4.78 is 0. The third-order valence-electron chi connectivity index (χ3n) is 6.66. The van der Waals surface area contributed by atoms with Crippen molar-refractivity contribution in [1.29, 1.82) is 0 Å². The van der Waals surface area contributed by atoms with E-state index in [4.69, 9.17) is 0 Å². The first-order chi connectivity index (χ1) is 15.9. The SMILES string of the molecule is CC1CC(C)CN(Cc2ccccc2CNC(=O)c2ccc(CC3CC(=O)NC3=O)cc2)C1. The monoisotopic (exact) mass is 447 g/mol. The van der Waals surface area contributed by atoms with Gasteiger partial charge in [-0.3, -0.25) is 24.6 Å². The van der Waals surface area contributed by atoms with E-state index in [1.165, 1.54) is 12.0 Å². The molecule has 33 heavy (non-hydrogen) atoms. The van der Waals surface area contributed by atoms with E-state index in [2.05, 4.69) is 47.6 Å². The molecule has 0 radical (unpaired) electrons. The van der Waals surface area contributed by atoms with Crippen LogP contribution in [-0.4, -0.2) is 35.7 Å². The van der Waals surface area contributed by atoms with Crippen LogP contribution in [0.1, 0.15) is 53.7 Å². The second-order valence-corrected chi connectivity index (χ2v) is 9.81. The molecule has 2 aliphatic heterocycles. The van der Waals surface area contributed by atoms with Gasteiger partial charge in [-0.05, 0) is 53.5 Å². The fourth-order valence-electron chi connectivity index (χ4n) is 5.17. The number of amides is 3. The lowest BCUT2D eigenvalue weighted by Crippen LogP contribution is -2.38. The average molecular weight is 448 g/mol. The highest BCUT2D eigenvalue weighted by atomic mass is 16.2. The number of imide groups is 1. The van der Waals surface area contributed by atoms with Crippen molar-refractivity contribution < 1.29 is 14.4 Å². The molecule has 6 nitrogen and oxygen atoms in total. The molecule has 2 aromatic rings. The second-order valence-electron chi connectivity index (χ2n) is 9.81. The van der Waals surface area contributed by atoms with Crippen LogP contribution in [0.25, 0.3) is 0 Å². The number of hydrogen-bond acceptors (Lipinski definition) is 4. The van der Waals surface area contributed by atoms with Gasteiger partial charge in [-0.2, -0.15) is 0 Å². The highest BCUT2D eigenvalue weighted by Gasteiger charge is 2.30. The van der Waals surface area contributed by atoms with Crippen molar-refractivity contribution in [3.63, 3.8) is 0 Å². The topological polar surface area (TPSA) is 78.5 Å². The Morgan fingerprint density at radius 1 is 1.00 bits per heavy atom. The molecule has 0 spiro atoms. The van der Waals surface area contributed by atoms with Gasteiger partial charge in [0, 0.05) is 38.2 Å². The van der Waals surface area contributed by atoms with E-state index in [0.717, 1.165) is 30.8 Å². The van der Waals surface area contributed by atoms with Crippen molar-refractivity contribution in [3.05, 3.63) is 70.8 Å². The normalized spacial score (nSPS) is 23.4. The summed E-state index contributed by atoms with van der Waals surface area (Å²) in [5, 5.41) is 5.39. The Bertz CT molecular complexity index is 1010. The summed E-state index contributed by atoms with van der Waals surface area (Å²) in [6.45, 7) is 8.28. The number of likely N-dealkylation sites (tertiary alicyclic amines) is 1. The van der Waals surface area contributed by atoms with Crippen molar-refractivity contribution >= 4 is 17.7 Å². The van der Waals surface area contributed by atoms with Gasteiger partial charge < -0.3 is 5.32 Å². The lowest BCUT2D eigenvalue weighted by Gasteiger charge is -2.35. The summed E-state index contributed by atoms with van der Waals surface area (Å²) in [4.78, 5) is 38.4. The largest absolute Gasteiger partial charge is 0.348 e. The van der Waals surface area contributed by atoms with E-state index in [9.17, 15) is 14.4 Å². The second kappa shape index (κ2) is 10.3. The third-order valence-corrected chi connectivity index (χ3v) is 6.66. The van der Waals surface area contributed by atoms with Crippen LogP contribution in [0.5, 0.6) is 0 Å². The maximum Gasteiger partial charge on any atom is 0.251 e. The minimum Gasteiger partial charge on any atom is -0.348 e. The molecule has 4 rings (SSSR count). The molecule has 2 aromatic carbocycles. The van der Waals surface area contributed by atoms with E-state index >= 15 is 0 Å². The van der Waals surface area contributed by atoms with Crippen LogP contribution in [0.2, 0.25) is 0 Å². The third kappa shape index (κ3) is 6.08. The minimum absolute atomic E-state index is 0.120. The minimum atomic E-state index is -0.320. The molecule has 3 unspecified atom stereocenters. The molecule has 0 bridgehead atoms. The molecule has 174 valence electrons. The van der Waals surface area contributed by atoms with Gasteiger partial charge in [-0.15, -0.1) is 0 Å². The van der Waals surface area contributed by atoms with Gasteiger partial charge in [-0.1, -0.05) is 50.2 Å². The van der Waals surface area contributed by atoms with Crippen molar-refractivity contribution in [2.45, 2.75) is 46.2 Å². The molecule has 2 saturated heterocycles.